The van der Waals surface area contributed by atoms with Crippen LogP contribution >= 0.6 is 11.3 Å². The second kappa shape index (κ2) is 9.07. The van der Waals surface area contributed by atoms with Crippen LogP contribution in [-0.2, 0) is 16.6 Å². The SMILES string of the molecule is Cc1ccc(C)c(S(=O)(=O)N2CC[NH+](Cc3nc4scc(-c5ccccc5)c4c(=O)[nH]3)CC2)c1. The average Bonchev–Trinajstić information content (AvgIpc) is 3.26. The molecule has 0 aliphatic carbocycles. The van der Waals surface area contributed by atoms with Crippen molar-refractivity contribution in [2.45, 2.75) is 25.3 Å². The molecule has 1 aliphatic rings. The second-order valence-electron chi connectivity index (χ2n) is 8.81. The maximum atomic E-state index is 13.2. The number of nitrogens with one attached hydrogen (secondary N) is 2. The number of quaternary nitrogens is 1. The summed E-state index contributed by atoms with van der Waals surface area (Å²) in [5, 5.41) is 2.61. The minimum absolute atomic E-state index is 0.129. The third-order valence-electron chi connectivity index (χ3n) is 6.39. The van der Waals surface area contributed by atoms with Crippen LogP contribution in [0.1, 0.15) is 17.0 Å². The van der Waals surface area contributed by atoms with Gasteiger partial charge in [-0.2, -0.15) is 4.31 Å². The predicted molar refractivity (Wildman–Crippen MR) is 135 cm³/mol. The fourth-order valence-corrected chi connectivity index (χ4v) is 7.21. The van der Waals surface area contributed by atoms with E-state index in [1.54, 1.807) is 10.4 Å². The van der Waals surface area contributed by atoms with Gasteiger partial charge in [0.2, 0.25) is 10.0 Å². The number of nitrogens with zero attached hydrogens (tertiary/aromatic N) is 2. The van der Waals surface area contributed by atoms with Crippen LogP contribution in [0.25, 0.3) is 21.3 Å². The zero-order valence-electron chi connectivity index (χ0n) is 19.2. The van der Waals surface area contributed by atoms with Gasteiger partial charge in [0.05, 0.1) is 36.5 Å². The molecule has 2 N–H and O–H groups in total. The Labute approximate surface area is 202 Å². The highest BCUT2D eigenvalue weighted by atomic mass is 32.2. The Hall–Kier alpha value is -2.85. The van der Waals surface area contributed by atoms with E-state index in [4.69, 9.17) is 4.98 Å². The molecule has 0 spiro atoms. The fraction of sp³-hybridized carbons (Fsp3) is 0.280. The van der Waals surface area contributed by atoms with Gasteiger partial charge in [-0.25, -0.2) is 13.4 Å². The molecule has 2 aromatic heterocycles. The van der Waals surface area contributed by atoms with Crippen LogP contribution < -0.4 is 10.5 Å². The summed E-state index contributed by atoms with van der Waals surface area (Å²) in [6.07, 6.45) is 0. The number of thiophene rings is 1. The van der Waals surface area contributed by atoms with Gasteiger partial charge < -0.3 is 9.88 Å². The van der Waals surface area contributed by atoms with Crippen molar-refractivity contribution in [3.05, 3.63) is 81.2 Å². The molecule has 9 heteroatoms. The maximum absolute atomic E-state index is 13.2. The van der Waals surface area contributed by atoms with Gasteiger partial charge in [-0.3, -0.25) is 4.79 Å². The lowest BCUT2D eigenvalue weighted by Crippen LogP contribution is -3.13. The van der Waals surface area contributed by atoms with Crippen molar-refractivity contribution < 1.29 is 13.3 Å². The number of H-pyrrole nitrogens is 1. The van der Waals surface area contributed by atoms with Crippen LogP contribution in [0.2, 0.25) is 0 Å². The first-order valence-corrected chi connectivity index (χ1v) is 13.6. The molecule has 1 aliphatic heterocycles. The van der Waals surface area contributed by atoms with Gasteiger partial charge in [0, 0.05) is 10.9 Å². The zero-order valence-corrected chi connectivity index (χ0v) is 20.8. The topological polar surface area (TPSA) is 87.6 Å². The summed E-state index contributed by atoms with van der Waals surface area (Å²) in [5.41, 5.74) is 3.47. The highest BCUT2D eigenvalue weighted by Gasteiger charge is 2.31. The number of rotatable bonds is 5. The summed E-state index contributed by atoms with van der Waals surface area (Å²) in [7, 11) is -3.52. The Morgan fingerprint density at radius 1 is 1.09 bits per heavy atom. The zero-order chi connectivity index (χ0) is 23.9. The van der Waals surface area contributed by atoms with E-state index in [1.165, 1.54) is 16.2 Å². The van der Waals surface area contributed by atoms with E-state index in [9.17, 15) is 13.2 Å². The van der Waals surface area contributed by atoms with Gasteiger partial charge in [0.15, 0.2) is 5.82 Å². The van der Waals surface area contributed by atoms with Crippen LogP contribution in [0.15, 0.2) is 63.6 Å². The summed E-state index contributed by atoms with van der Waals surface area (Å²) in [4.78, 5) is 22.9. The van der Waals surface area contributed by atoms with Crippen LogP contribution in [0, 0.1) is 13.8 Å². The number of piperazine rings is 1. The molecule has 176 valence electrons. The molecule has 0 saturated carbocycles. The van der Waals surface area contributed by atoms with Gasteiger partial charge in [0.25, 0.3) is 5.56 Å². The van der Waals surface area contributed by atoms with E-state index >= 15 is 0 Å². The third kappa shape index (κ3) is 4.32. The molecular weight excluding hydrogens is 468 g/mol. The standard InChI is InChI=1S/C25H26N4O3S2/c1-17-8-9-18(2)21(14-17)34(31,32)29-12-10-28(11-13-29)15-22-26-24(30)23-20(16-33-25(23)27-22)19-6-4-3-5-7-19/h3-9,14,16H,10-13,15H2,1-2H3,(H,26,27,30)/p+1. The predicted octanol–water partition coefficient (Wildman–Crippen LogP) is 2.36. The van der Waals surface area contributed by atoms with Crippen LogP contribution in [0.5, 0.6) is 0 Å². The number of fused-ring (bicyclic) bond motifs is 1. The minimum Gasteiger partial charge on any atom is -0.326 e. The van der Waals surface area contributed by atoms with Crippen LogP contribution in [0.4, 0.5) is 0 Å². The summed E-state index contributed by atoms with van der Waals surface area (Å²) >= 11 is 1.48. The molecule has 0 atom stereocenters. The van der Waals surface area contributed by atoms with E-state index in [2.05, 4.69) is 4.98 Å². The fourth-order valence-electron chi connectivity index (χ4n) is 4.49. The molecule has 1 fully saturated rings. The monoisotopic (exact) mass is 495 g/mol. The Kier molecular flexibility index (Phi) is 6.11. The van der Waals surface area contributed by atoms with Gasteiger partial charge in [-0.15, -0.1) is 11.3 Å². The van der Waals surface area contributed by atoms with Gasteiger partial charge in [-0.05, 0) is 36.6 Å². The molecule has 1 saturated heterocycles. The number of hydrogen-bond acceptors (Lipinski definition) is 5. The van der Waals surface area contributed by atoms with Gasteiger partial charge >= 0.3 is 0 Å². The normalized spacial score (nSPS) is 15.7. The third-order valence-corrected chi connectivity index (χ3v) is 9.30. The van der Waals surface area contributed by atoms with E-state index in [0.29, 0.717) is 48.8 Å². The van der Waals surface area contributed by atoms with Crippen molar-refractivity contribution in [2.24, 2.45) is 0 Å². The van der Waals surface area contributed by atoms with Crippen molar-refractivity contribution >= 4 is 31.6 Å². The van der Waals surface area contributed by atoms with Crippen molar-refractivity contribution in [3.8, 4) is 11.1 Å². The van der Waals surface area contributed by atoms with Gasteiger partial charge in [0.1, 0.15) is 11.4 Å². The molecular formula is C25H27N4O3S2+. The molecule has 34 heavy (non-hydrogen) atoms. The molecule has 0 unspecified atom stereocenters. The molecule has 7 nitrogen and oxygen atoms in total. The number of aromatic amines is 1. The van der Waals surface area contributed by atoms with E-state index in [0.717, 1.165) is 27.1 Å². The number of aryl methyl sites for hydroxylation is 2. The quantitative estimate of drug-likeness (QED) is 0.445. The minimum atomic E-state index is -3.52. The largest absolute Gasteiger partial charge is 0.326 e. The summed E-state index contributed by atoms with van der Waals surface area (Å²) in [6.45, 7) is 6.49. The summed E-state index contributed by atoms with van der Waals surface area (Å²) in [6, 6.07) is 15.4. The maximum Gasteiger partial charge on any atom is 0.260 e. The molecule has 0 radical (unpaired) electrons. The Balaban J connectivity index is 1.31. The molecule has 0 amide bonds. The lowest BCUT2D eigenvalue weighted by Gasteiger charge is -2.31. The van der Waals surface area contributed by atoms with Crippen molar-refractivity contribution in [1.82, 2.24) is 14.3 Å². The van der Waals surface area contributed by atoms with Crippen molar-refractivity contribution in [3.63, 3.8) is 0 Å². The van der Waals surface area contributed by atoms with Crippen molar-refractivity contribution in [1.29, 1.82) is 0 Å². The number of hydrogen-bond donors (Lipinski definition) is 2. The van der Waals surface area contributed by atoms with Crippen LogP contribution in [0.3, 0.4) is 0 Å². The Morgan fingerprint density at radius 2 is 1.82 bits per heavy atom. The lowest BCUT2D eigenvalue weighted by molar-refractivity contribution is -0.917. The first kappa shape index (κ1) is 22.9. The smallest absolute Gasteiger partial charge is 0.260 e. The lowest BCUT2D eigenvalue weighted by atomic mass is 10.1. The Morgan fingerprint density at radius 3 is 2.56 bits per heavy atom. The Bertz CT molecular complexity index is 1500. The summed E-state index contributed by atoms with van der Waals surface area (Å²) < 4.78 is 28.0. The summed E-state index contributed by atoms with van der Waals surface area (Å²) in [5.74, 6) is 0.639. The van der Waals surface area contributed by atoms with E-state index < -0.39 is 10.0 Å². The molecule has 4 aromatic rings. The highest BCUT2D eigenvalue weighted by molar-refractivity contribution is 7.89. The van der Waals surface area contributed by atoms with Crippen LogP contribution in [-0.4, -0.2) is 48.9 Å². The van der Waals surface area contributed by atoms with Gasteiger partial charge in [-0.1, -0.05) is 42.5 Å². The number of benzene rings is 2. The molecule has 0 bridgehead atoms. The number of sulfonamides is 1. The average molecular weight is 496 g/mol. The van der Waals surface area contributed by atoms with Crippen molar-refractivity contribution in [2.75, 3.05) is 26.2 Å². The molecule has 2 aromatic carbocycles. The van der Waals surface area contributed by atoms with E-state index in [1.807, 2.05) is 61.7 Å². The molecule has 3 heterocycles. The first-order chi connectivity index (χ1) is 16.3. The highest BCUT2D eigenvalue weighted by Crippen LogP contribution is 2.30. The molecule has 5 rings (SSSR count). The second-order valence-corrected chi connectivity index (χ2v) is 11.6. The number of aromatic nitrogens is 2. The first-order valence-electron chi connectivity index (χ1n) is 11.3. The van der Waals surface area contributed by atoms with E-state index in [-0.39, 0.29) is 5.56 Å².